The van der Waals surface area contributed by atoms with Crippen molar-refractivity contribution in [3.05, 3.63) is 65.2 Å². The minimum absolute atomic E-state index is 0.159. The predicted molar refractivity (Wildman–Crippen MR) is 112 cm³/mol. The summed E-state index contributed by atoms with van der Waals surface area (Å²) in [6.45, 7) is 5.54. The van der Waals surface area contributed by atoms with Gasteiger partial charge in [-0.2, -0.15) is 4.31 Å². The number of amides is 2. The Morgan fingerprint density at radius 2 is 1.65 bits per heavy atom. The zero-order chi connectivity index (χ0) is 23.2. The minimum Gasteiger partial charge on any atom is -0.348 e. The van der Waals surface area contributed by atoms with Gasteiger partial charge in [-0.25, -0.2) is 17.2 Å². The fraction of sp³-hybridized carbons (Fsp3) is 0.333. The van der Waals surface area contributed by atoms with Crippen LogP contribution in [-0.2, 0) is 14.8 Å². The van der Waals surface area contributed by atoms with E-state index in [2.05, 4.69) is 10.6 Å². The minimum atomic E-state index is -3.57. The molecule has 168 valence electrons. The molecular formula is C21H25F2N3O4S. The van der Waals surface area contributed by atoms with Crippen molar-refractivity contribution in [2.24, 2.45) is 0 Å². The quantitative estimate of drug-likeness (QED) is 0.610. The van der Waals surface area contributed by atoms with Gasteiger partial charge in [0.15, 0.2) is 0 Å². The second-order valence-corrected chi connectivity index (χ2v) is 8.69. The molecule has 2 N–H and O–H groups in total. The highest BCUT2D eigenvalue weighted by Crippen LogP contribution is 2.19. The van der Waals surface area contributed by atoms with Gasteiger partial charge in [0.2, 0.25) is 15.9 Å². The van der Waals surface area contributed by atoms with E-state index in [-0.39, 0.29) is 10.5 Å². The van der Waals surface area contributed by atoms with Gasteiger partial charge in [0.1, 0.15) is 11.6 Å². The Balaban J connectivity index is 1.96. The molecule has 0 aliphatic heterocycles. The lowest BCUT2D eigenvalue weighted by molar-refractivity contribution is -0.120. The van der Waals surface area contributed by atoms with Crippen LogP contribution >= 0.6 is 0 Å². The number of carbonyl (C=O) groups is 2. The maximum Gasteiger partial charge on any atom is 0.254 e. The fourth-order valence-electron chi connectivity index (χ4n) is 2.95. The SMILES string of the molecule is CCN(CC)S(=O)(=O)c1ccc(C(C)NC(=O)CNC(=O)c2ccc(F)cc2F)cc1. The van der Waals surface area contributed by atoms with Gasteiger partial charge in [0, 0.05) is 19.2 Å². The van der Waals surface area contributed by atoms with Gasteiger partial charge in [0.05, 0.1) is 23.0 Å². The summed E-state index contributed by atoms with van der Waals surface area (Å²) in [6, 6.07) is 8.23. The molecule has 0 spiro atoms. The van der Waals surface area contributed by atoms with Crippen molar-refractivity contribution < 1.29 is 26.8 Å². The molecule has 2 amide bonds. The molecule has 10 heteroatoms. The highest BCUT2D eigenvalue weighted by atomic mass is 32.2. The lowest BCUT2D eigenvalue weighted by Crippen LogP contribution is -2.38. The molecule has 0 bridgehead atoms. The molecule has 0 radical (unpaired) electrons. The van der Waals surface area contributed by atoms with Crippen LogP contribution in [0.25, 0.3) is 0 Å². The predicted octanol–water partition coefficient (Wildman–Crippen LogP) is 2.60. The Bertz CT molecular complexity index is 1040. The zero-order valence-electron chi connectivity index (χ0n) is 17.5. The second kappa shape index (κ2) is 10.5. The summed E-state index contributed by atoms with van der Waals surface area (Å²) in [5, 5.41) is 4.93. The number of nitrogens with zero attached hydrogens (tertiary/aromatic N) is 1. The molecular weight excluding hydrogens is 428 g/mol. The van der Waals surface area contributed by atoms with Gasteiger partial charge in [-0.15, -0.1) is 0 Å². The molecule has 0 saturated carbocycles. The molecule has 2 aromatic rings. The summed E-state index contributed by atoms with van der Waals surface area (Å²) in [5.74, 6) is -3.20. The summed E-state index contributed by atoms with van der Waals surface area (Å²) in [4.78, 5) is 24.2. The number of nitrogens with one attached hydrogen (secondary N) is 2. The van der Waals surface area contributed by atoms with E-state index in [0.717, 1.165) is 12.1 Å². The average molecular weight is 454 g/mol. The monoisotopic (exact) mass is 453 g/mol. The summed E-state index contributed by atoms with van der Waals surface area (Å²) in [5.41, 5.74) is 0.301. The standard InChI is InChI=1S/C21H25F2N3O4S/c1-4-26(5-2)31(29,30)17-9-6-15(7-10-17)14(3)25-20(27)13-24-21(28)18-11-8-16(22)12-19(18)23/h6-12,14H,4-5,13H2,1-3H3,(H,24,28)(H,25,27). The van der Waals surface area contributed by atoms with Gasteiger partial charge in [-0.05, 0) is 36.8 Å². The summed E-state index contributed by atoms with van der Waals surface area (Å²) in [6.07, 6.45) is 0. The number of rotatable bonds is 9. The van der Waals surface area contributed by atoms with Gasteiger partial charge in [-0.1, -0.05) is 26.0 Å². The van der Waals surface area contributed by atoms with E-state index in [1.165, 1.54) is 16.4 Å². The summed E-state index contributed by atoms with van der Waals surface area (Å²) in [7, 11) is -3.57. The summed E-state index contributed by atoms with van der Waals surface area (Å²) >= 11 is 0. The first kappa shape index (κ1) is 24.4. The molecule has 2 aromatic carbocycles. The third-order valence-corrected chi connectivity index (χ3v) is 6.75. The molecule has 0 aliphatic carbocycles. The van der Waals surface area contributed by atoms with Crippen LogP contribution in [0.5, 0.6) is 0 Å². The van der Waals surface area contributed by atoms with E-state index in [1.54, 1.807) is 32.9 Å². The second-order valence-electron chi connectivity index (χ2n) is 6.75. The molecule has 0 saturated heterocycles. The Morgan fingerprint density at radius 3 is 2.19 bits per heavy atom. The first-order valence-corrected chi connectivity index (χ1v) is 11.2. The number of carbonyl (C=O) groups excluding carboxylic acids is 2. The highest BCUT2D eigenvalue weighted by Gasteiger charge is 2.22. The topological polar surface area (TPSA) is 95.6 Å². The zero-order valence-corrected chi connectivity index (χ0v) is 18.3. The van der Waals surface area contributed by atoms with Crippen molar-refractivity contribution >= 4 is 21.8 Å². The molecule has 0 fully saturated rings. The number of hydrogen-bond acceptors (Lipinski definition) is 4. The highest BCUT2D eigenvalue weighted by molar-refractivity contribution is 7.89. The van der Waals surface area contributed by atoms with Crippen molar-refractivity contribution in [3.63, 3.8) is 0 Å². The molecule has 0 aliphatic rings. The third kappa shape index (κ3) is 6.08. The van der Waals surface area contributed by atoms with Gasteiger partial charge >= 0.3 is 0 Å². The van der Waals surface area contributed by atoms with Crippen LogP contribution in [0.4, 0.5) is 8.78 Å². The van der Waals surface area contributed by atoms with Crippen LogP contribution in [0.15, 0.2) is 47.4 Å². The Morgan fingerprint density at radius 1 is 1.03 bits per heavy atom. The van der Waals surface area contributed by atoms with Crippen molar-refractivity contribution in [1.29, 1.82) is 0 Å². The van der Waals surface area contributed by atoms with Crippen LogP contribution in [0, 0.1) is 11.6 Å². The van der Waals surface area contributed by atoms with Crippen molar-refractivity contribution in [2.45, 2.75) is 31.7 Å². The van der Waals surface area contributed by atoms with Crippen LogP contribution in [0.2, 0.25) is 0 Å². The smallest absolute Gasteiger partial charge is 0.254 e. The molecule has 0 heterocycles. The molecule has 31 heavy (non-hydrogen) atoms. The number of sulfonamides is 1. The van der Waals surface area contributed by atoms with E-state index in [1.807, 2.05) is 0 Å². The molecule has 1 atom stereocenters. The van der Waals surface area contributed by atoms with Crippen molar-refractivity contribution in [2.75, 3.05) is 19.6 Å². The number of benzene rings is 2. The Hall–Kier alpha value is -2.85. The lowest BCUT2D eigenvalue weighted by Gasteiger charge is -2.19. The maximum absolute atomic E-state index is 13.6. The van der Waals surface area contributed by atoms with E-state index < -0.39 is 46.1 Å². The van der Waals surface area contributed by atoms with Gasteiger partial charge in [0.25, 0.3) is 5.91 Å². The van der Waals surface area contributed by atoms with Crippen LogP contribution < -0.4 is 10.6 Å². The Kier molecular flexibility index (Phi) is 8.23. The van der Waals surface area contributed by atoms with Crippen molar-refractivity contribution in [3.8, 4) is 0 Å². The van der Waals surface area contributed by atoms with Crippen molar-refractivity contribution in [1.82, 2.24) is 14.9 Å². The number of halogens is 2. The normalized spacial score (nSPS) is 12.5. The first-order chi connectivity index (χ1) is 14.6. The third-order valence-electron chi connectivity index (χ3n) is 4.69. The largest absolute Gasteiger partial charge is 0.348 e. The molecule has 0 aromatic heterocycles. The first-order valence-electron chi connectivity index (χ1n) is 9.72. The lowest BCUT2D eigenvalue weighted by atomic mass is 10.1. The molecule has 1 unspecified atom stereocenters. The van der Waals surface area contributed by atoms with E-state index in [9.17, 15) is 26.8 Å². The van der Waals surface area contributed by atoms with E-state index in [0.29, 0.717) is 24.7 Å². The number of hydrogen-bond donors (Lipinski definition) is 2. The Labute approximate surface area is 180 Å². The van der Waals surface area contributed by atoms with Crippen LogP contribution in [0.3, 0.4) is 0 Å². The fourth-order valence-corrected chi connectivity index (χ4v) is 4.40. The molecule has 2 rings (SSSR count). The average Bonchev–Trinajstić information content (AvgIpc) is 2.72. The van der Waals surface area contributed by atoms with E-state index in [4.69, 9.17) is 0 Å². The maximum atomic E-state index is 13.6. The van der Waals surface area contributed by atoms with E-state index >= 15 is 0 Å². The van der Waals surface area contributed by atoms with Gasteiger partial charge in [-0.3, -0.25) is 9.59 Å². The molecule has 7 nitrogen and oxygen atoms in total. The summed E-state index contributed by atoms with van der Waals surface area (Å²) < 4.78 is 53.0. The van der Waals surface area contributed by atoms with Gasteiger partial charge < -0.3 is 10.6 Å². The van der Waals surface area contributed by atoms with Crippen LogP contribution in [-0.4, -0.2) is 44.2 Å². The van der Waals surface area contributed by atoms with Crippen LogP contribution in [0.1, 0.15) is 42.7 Å².